The molecule has 1 aromatic carbocycles. The molecule has 4 heteroatoms. The maximum Gasteiger partial charge on any atom is 0.272 e. The van der Waals surface area contributed by atoms with E-state index in [0.717, 1.165) is 23.9 Å². The van der Waals surface area contributed by atoms with Crippen molar-refractivity contribution in [3.8, 4) is 0 Å². The van der Waals surface area contributed by atoms with E-state index in [9.17, 15) is 4.79 Å². The molecule has 110 valence electrons. The molecule has 1 aliphatic rings. The van der Waals surface area contributed by atoms with E-state index in [4.69, 9.17) is 11.6 Å². The Balaban J connectivity index is 1.98. The predicted molar refractivity (Wildman–Crippen MR) is 85.6 cm³/mol. The van der Waals surface area contributed by atoms with Gasteiger partial charge in [-0.2, -0.15) is 0 Å². The summed E-state index contributed by atoms with van der Waals surface area (Å²) in [5.41, 5.74) is 1.21. The SMILES string of the molecule is CC1CCCN(C(=O)c2cc(Cl)c3ccccc3n2)C1C. The van der Waals surface area contributed by atoms with E-state index in [-0.39, 0.29) is 11.9 Å². The first-order valence-electron chi connectivity index (χ1n) is 7.44. The van der Waals surface area contributed by atoms with E-state index in [1.165, 1.54) is 6.42 Å². The van der Waals surface area contributed by atoms with Gasteiger partial charge in [-0.15, -0.1) is 0 Å². The minimum Gasteiger partial charge on any atom is -0.334 e. The van der Waals surface area contributed by atoms with Crippen molar-refractivity contribution in [3.63, 3.8) is 0 Å². The van der Waals surface area contributed by atoms with Gasteiger partial charge >= 0.3 is 0 Å². The summed E-state index contributed by atoms with van der Waals surface area (Å²) in [6, 6.07) is 9.58. The number of fused-ring (bicyclic) bond motifs is 1. The molecule has 1 aliphatic heterocycles. The van der Waals surface area contributed by atoms with Crippen LogP contribution >= 0.6 is 11.6 Å². The summed E-state index contributed by atoms with van der Waals surface area (Å²) in [5, 5.41) is 1.47. The maximum atomic E-state index is 12.8. The Bertz CT molecular complexity index is 686. The molecule has 21 heavy (non-hydrogen) atoms. The minimum atomic E-state index is -0.0123. The molecule has 2 heterocycles. The molecule has 2 atom stereocenters. The van der Waals surface area contributed by atoms with Crippen molar-refractivity contribution in [3.05, 3.63) is 41.0 Å². The Morgan fingerprint density at radius 2 is 2.10 bits per heavy atom. The smallest absolute Gasteiger partial charge is 0.272 e. The number of benzene rings is 1. The number of halogens is 1. The highest BCUT2D eigenvalue weighted by Crippen LogP contribution is 2.27. The molecule has 0 radical (unpaired) electrons. The van der Waals surface area contributed by atoms with Gasteiger partial charge in [-0.3, -0.25) is 4.79 Å². The standard InChI is InChI=1S/C17H19ClN2O/c1-11-6-5-9-20(12(11)2)17(21)16-10-14(18)13-7-3-4-8-15(13)19-16/h3-4,7-8,10-12H,5-6,9H2,1-2H3. The number of hydrogen-bond donors (Lipinski definition) is 0. The molecule has 2 aromatic rings. The van der Waals surface area contributed by atoms with Crippen LogP contribution in [0.2, 0.25) is 5.02 Å². The van der Waals surface area contributed by atoms with Crippen LogP contribution in [0.5, 0.6) is 0 Å². The first-order chi connectivity index (χ1) is 10.1. The first-order valence-corrected chi connectivity index (χ1v) is 7.82. The van der Waals surface area contributed by atoms with Gasteiger partial charge < -0.3 is 4.90 Å². The van der Waals surface area contributed by atoms with E-state index in [0.29, 0.717) is 16.6 Å². The van der Waals surface area contributed by atoms with Crippen LogP contribution in [-0.2, 0) is 0 Å². The van der Waals surface area contributed by atoms with Gasteiger partial charge in [-0.1, -0.05) is 36.7 Å². The third kappa shape index (κ3) is 2.62. The number of aromatic nitrogens is 1. The van der Waals surface area contributed by atoms with Gasteiger partial charge in [0.25, 0.3) is 5.91 Å². The summed E-state index contributed by atoms with van der Waals surface area (Å²) in [5.74, 6) is 0.514. The number of piperidine rings is 1. The largest absolute Gasteiger partial charge is 0.334 e. The van der Waals surface area contributed by atoms with Crippen molar-refractivity contribution >= 4 is 28.4 Å². The lowest BCUT2D eigenvalue weighted by atomic mass is 9.92. The minimum absolute atomic E-state index is 0.0123. The molecule has 1 saturated heterocycles. The van der Waals surface area contributed by atoms with Gasteiger partial charge in [0, 0.05) is 18.0 Å². The molecule has 3 rings (SSSR count). The molecule has 0 bridgehead atoms. The molecule has 1 amide bonds. The van der Waals surface area contributed by atoms with E-state index in [2.05, 4.69) is 18.8 Å². The highest BCUT2D eigenvalue weighted by molar-refractivity contribution is 6.35. The molecule has 1 fully saturated rings. The van der Waals surface area contributed by atoms with Crippen LogP contribution < -0.4 is 0 Å². The number of pyridine rings is 1. The number of para-hydroxylation sites is 1. The number of carbonyl (C=O) groups is 1. The van der Waals surface area contributed by atoms with Gasteiger partial charge in [0.15, 0.2) is 0 Å². The number of rotatable bonds is 1. The van der Waals surface area contributed by atoms with Gasteiger partial charge in [0.05, 0.1) is 10.5 Å². The zero-order valence-electron chi connectivity index (χ0n) is 12.3. The molecule has 0 N–H and O–H groups in total. The summed E-state index contributed by atoms with van der Waals surface area (Å²) in [6.07, 6.45) is 2.23. The molecule has 3 nitrogen and oxygen atoms in total. The topological polar surface area (TPSA) is 33.2 Å². The van der Waals surface area contributed by atoms with Gasteiger partial charge in [0.2, 0.25) is 0 Å². The Labute approximate surface area is 129 Å². The van der Waals surface area contributed by atoms with Crippen LogP contribution in [0.3, 0.4) is 0 Å². The lowest BCUT2D eigenvalue weighted by Gasteiger charge is -2.37. The number of carbonyl (C=O) groups excluding carboxylic acids is 1. The van der Waals surface area contributed by atoms with Crippen LogP contribution in [-0.4, -0.2) is 28.4 Å². The Morgan fingerprint density at radius 3 is 2.90 bits per heavy atom. The molecule has 0 aliphatic carbocycles. The lowest BCUT2D eigenvalue weighted by molar-refractivity contribution is 0.0545. The molecule has 2 unspecified atom stereocenters. The Morgan fingerprint density at radius 1 is 1.33 bits per heavy atom. The summed E-state index contributed by atoms with van der Waals surface area (Å²) in [7, 11) is 0. The van der Waals surface area contributed by atoms with Gasteiger partial charge in [0.1, 0.15) is 5.69 Å². The zero-order valence-corrected chi connectivity index (χ0v) is 13.1. The summed E-state index contributed by atoms with van der Waals surface area (Å²) >= 11 is 6.30. The fourth-order valence-corrected chi connectivity index (χ4v) is 3.27. The summed E-state index contributed by atoms with van der Waals surface area (Å²) < 4.78 is 0. The van der Waals surface area contributed by atoms with E-state index in [1.807, 2.05) is 29.2 Å². The van der Waals surface area contributed by atoms with Crippen molar-refractivity contribution in [2.24, 2.45) is 5.92 Å². The van der Waals surface area contributed by atoms with Crippen molar-refractivity contribution in [1.82, 2.24) is 9.88 Å². The Hall–Kier alpha value is -1.61. The quantitative estimate of drug-likeness (QED) is 0.793. The number of nitrogens with zero attached hydrogens (tertiary/aromatic N) is 2. The van der Waals surface area contributed by atoms with Crippen LogP contribution in [0.15, 0.2) is 30.3 Å². The fraction of sp³-hybridized carbons (Fsp3) is 0.412. The molecule has 0 spiro atoms. The van der Waals surface area contributed by atoms with Crippen LogP contribution in [0, 0.1) is 5.92 Å². The maximum absolute atomic E-state index is 12.8. The second-order valence-corrected chi connectivity index (χ2v) is 6.27. The number of likely N-dealkylation sites (tertiary alicyclic amines) is 1. The van der Waals surface area contributed by atoms with E-state index < -0.39 is 0 Å². The fourth-order valence-electron chi connectivity index (χ4n) is 3.01. The lowest BCUT2D eigenvalue weighted by Crippen LogP contribution is -2.46. The van der Waals surface area contributed by atoms with Gasteiger partial charge in [-0.05, 0) is 37.8 Å². The van der Waals surface area contributed by atoms with E-state index in [1.54, 1.807) is 6.07 Å². The second-order valence-electron chi connectivity index (χ2n) is 5.87. The van der Waals surface area contributed by atoms with Crippen LogP contribution in [0.1, 0.15) is 37.2 Å². The predicted octanol–water partition coefficient (Wildman–Crippen LogP) is 4.15. The zero-order chi connectivity index (χ0) is 15.0. The van der Waals surface area contributed by atoms with Crippen LogP contribution in [0.4, 0.5) is 0 Å². The molecular formula is C17H19ClN2O. The highest BCUT2D eigenvalue weighted by atomic mass is 35.5. The third-order valence-corrected chi connectivity index (χ3v) is 4.83. The number of hydrogen-bond acceptors (Lipinski definition) is 2. The van der Waals surface area contributed by atoms with Crippen molar-refractivity contribution in [2.75, 3.05) is 6.54 Å². The third-order valence-electron chi connectivity index (χ3n) is 4.52. The summed E-state index contributed by atoms with van der Waals surface area (Å²) in [4.78, 5) is 19.2. The monoisotopic (exact) mass is 302 g/mol. The van der Waals surface area contributed by atoms with Crippen LogP contribution in [0.25, 0.3) is 10.9 Å². The normalized spacial score (nSPS) is 22.5. The second kappa shape index (κ2) is 5.64. The van der Waals surface area contributed by atoms with Gasteiger partial charge in [-0.25, -0.2) is 4.98 Å². The average Bonchev–Trinajstić information content (AvgIpc) is 2.49. The molecular weight excluding hydrogens is 284 g/mol. The first kappa shape index (κ1) is 14.3. The average molecular weight is 303 g/mol. The van der Waals surface area contributed by atoms with Crippen molar-refractivity contribution in [1.29, 1.82) is 0 Å². The summed E-state index contributed by atoms with van der Waals surface area (Å²) in [6.45, 7) is 5.12. The van der Waals surface area contributed by atoms with Crippen molar-refractivity contribution in [2.45, 2.75) is 32.7 Å². The van der Waals surface area contributed by atoms with Crippen molar-refractivity contribution < 1.29 is 4.79 Å². The Kier molecular flexibility index (Phi) is 3.85. The molecule has 1 aromatic heterocycles. The highest BCUT2D eigenvalue weighted by Gasteiger charge is 2.29. The van der Waals surface area contributed by atoms with E-state index >= 15 is 0 Å². The molecule has 0 saturated carbocycles. The number of amides is 1.